The number of hydrogen-bond donors (Lipinski definition) is 1. The average molecular weight is 310 g/mol. The van der Waals surface area contributed by atoms with E-state index in [2.05, 4.69) is 15.3 Å². The van der Waals surface area contributed by atoms with Crippen LogP contribution in [-0.2, 0) is 6.54 Å². The first-order chi connectivity index (χ1) is 9.24. The summed E-state index contributed by atoms with van der Waals surface area (Å²) in [5.74, 6) is 0.817. The molecular formula is C13H9Cl2N3S. The van der Waals surface area contributed by atoms with Crippen molar-refractivity contribution in [3.8, 4) is 0 Å². The summed E-state index contributed by atoms with van der Waals surface area (Å²) < 4.78 is 0. The molecule has 3 nitrogen and oxygen atoms in total. The molecule has 0 bridgehead atoms. The van der Waals surface area contributed by atoms with Crippen LogP contribution in [0.4, 0.5) is 5.82 Å². The highest BCUT2D eigenvalue weighted by Gasteiger charge is 2.06. The molecular weight excluding hydrogens is 301 g/mol. The smallest absolute Gasteiger partial charge is 0.138 e. The Morgan fingerprint density at radius 1 is 1.16 bits per heavy atom. The molecule has 1 N–H and O–H groups in total. The lowest BCUT2D eigenvalue weighted by Crippen LogP contribution is -2.02. The average Bonchev–Trinajstić information content (AvgIpc) is 2.86. The van der Waals surface area contributed by atoms with E-state index in [1.54, 1.807) is 23.7 Å². The van der Waals surface area contributed by atoms with E-state index in [9.17, 15) is 0 Å². The normalized spacial score (nSPS) is 10.8. The predicted octanol–water partition coefficient (Wildman–Crippen LogP) is 4.61. The highest BCUT2D eigenvalue weighted by Crippen LogP contribution is 2.25. The molecule has 3 aromatic rings. The van der Waals surface area contributed by atoms with Gasteiger partial charge in [-0.25, -0.2) is 9.97 Å². The molecule has 0 aliphatic carbocycles. The summed E-state index contributed by atoms with van der Waals surface area (Å²) in [6.45, 7) is 0.595. The molecule has 2 aromatic heterocycles. The number of nitrogens with one attached hydrogen (secondary N) is 1. The number of halogens is 2. The first-order valence-electron chi connectivity index (χ1n) is 5.60. The molecule has 0 unspecified atom stereocenters. The van der Waals surface area contributed by atoms with E-state index in [1.807, 2.05) is 23.6 Å². The van der Waals surface area contributed by atoms with Gasteiger partial charge in [0.1, 0.15) is 17.0 Å². The van der Waals surface area contributed by atoms with Crippen LogP contribution in [0.1, 0.15) is 5.56 Å². The Hall–Kier alpha value is -1.36. The second-order valence-corrected chi connectivity index (χ2v) is 5.69. The molecule has 1 aromatic carbocycles. The lowest BCUT2D eigenvalue weighted by molar-refractivity contribution is 1.11. The Morgan fingerprint density at radius 3 is 2.89 bits per heavy atom. The Kier molecular flexibility index (Phi) is 3.55. The van der Waals surface area contributed by atoms with E-state index in [0.29, 0.717) is 16.6 Å². The summed E-state index contributed by atoms with van der Waals surface area (Å²) >= 11 is 13.6. The molecule has 0 aliphatic rings. The molecule has 96 valence electrons. The van der Waals surface area contributed by atoms with Crippen molar-refractivity contribution in [3.05, 3.63) is 51.6 Å². The largest absolute Gasteiger partial charge is 0.365 e. The number of anilines is 1. The van der Waals surface area contributed by atoms with Crippen molar-refractivity contribution < 1.29 is 0 Å². The molecule has 2 heterocycles. The van der Waals surface area contributed by atoms with Crippen LogP contribution >= 0.6 is 34.5 Å². The van der Waals surface area contributed by atoms with Crippen LogP contribution in [-0.4, -0.2) is 9.97 Å². The topological polar surface area (TPSA) is 37.8 Å². The minimum atomic E-state index is 0.595. The van der Waals surface area contributed by atoms with Gasteiger partial charge in [-0.2, -0.15) is 0 Å². The molecule has 0 spiro atoms. The first kappa shape index (κ1) is 12.7. The highest BCUT2D eigenvalue weighted by molar-refractivity contribution is 7.16. The van der Waals surface area contributed by atoms with Crippen molar-refractivity contribution in [1.82, 2.24) is 9.97 Å². The van der Waals surface area contributed by atoms with Crippen LogP contribution in [0.3, 0.4) is 0 Å². The van der Waals surface area contributed by atoms with Gasteiger partial charge >= 0.3 is 0 Å². The lowest BCUT2D eigenvalue weighted by Gasteiger charge is -2.08. The van der Waals surface area contributed by atoms with Gasteiger partial charge < -0.3 is 5.32 Å². The number of rotatable bonds is 3. The minimum absolute atomic E-state index is 0.595. The Balaban J connectivity index is 1.84. The fourth-order valence-electron chi connectivity index (χ4n) is 1.77. The van der Waals surface area contributed by atoms with E-state index in [1.165, 1.54) is 0 Å². The van der Waals surface area contributed by atoms with Gasteiger partial charge in [-0.05, 0) is 29.1 Å². The highest BCUT2D eigenvalue weighted by atomic mass is 35.5. The number of fused-ring (bicyclic) bond motifs is 1. The zero-order chi connectivity index (χ0) is 13.2. The van der Waals surface area contributed by atoms with Gasteiger partial charge in [-0.3, -0.25) is 0 Å². The van der Waals surface area contributed by atoms with Crippen molar-refractivity contribution in [3.63, 3.8) is 0 Å². The molecule has 0 amide bonds. The van der Waals surface area contributed by atoms with Crippen molar-refractivity contribution in [1.29, 1.82) is 0 Å². The van der Waals surface area contributed by atoms with Crippen LogP contribution in [0.25, 0.3) is 10.2 Å². The molecule has 3 rings (SSSR count). The van der Waals surface area contributed by atoms with Crippen molar-refractivity contribution in [2.45, 2.75) is 6.54 Å². The quantitative estimate of drug-likeness (QED) is 0.767. The van der Waals surface area contributed by atoms with E-state index < -0.39 is 0 Å². The SMILES string of the molecule is Clc1ccc(CNc2ncnc3sccc23)c(Cl)c1. The maximum atomic E-state index is 6.14. The fraction of sp³-hybridized carbons (Fsp3) is 0.0769. The lowest BCUT2D eigenvalue weighted by atomic mass is 10.2. The third-order valence-electron chi connectivity index (χ3n) is 2.72. The van der Waals surface area contributed by atoms with Gasteiger partial charge in [0.05, 0.1) is 5.39 Å². The van der Waals surface area contributed by atoms with E-state index in [-0.39, 0.29) is 0 Å². The first-order valence-corrected chi connectivity index (χ1v) is 7.23. The summed E-state index contributed by atoms with van der Waals surface area (Å²) in [6, 6.07) is 7.47. The van der Waals surface area contributed by atoms with Crippen LogP contribution in [0.15, 0.2) is 36.0 Å². The molecule has 0 atom stereocenters. The van der Waals surface area contributed by atoms with Gasteiger partial charge in [0.25, 0.3) is 0 Å². The monoisotopic (exact) mass is 309 g/mol. The summed E-state index contributed by atoms with van der Waals surface area (Å²) in [4.78, 5) is 9.44. The number of hydrogen-bond acceptors (Lipinski definition) is 4. The summed E-state index contributed by atoms with van der Waals surface area (Å²) in [6.07, 6.45) is 1.56. The van der Waals surface area contributed by atoms with E-state index >= 15 is 0 Å². The van der Waals surface area contributed by atoms with Crippen molar-refractivity contribution >= 4 is 50.6 Å². The van der Waals surface area contributed by atoms with Gasteiger partial charge in [-0.1, -0.05) is 29.3 Å². The van der Waals surface area contributed by atoms with Crippen LogP contribution < -0.4 is 5.32 Å². The van der Waals surface area contributed by atoms with Crippen LogP contribution in [0.5, 0.6) is 0 Å². The third-order valence-corrected chi connectivity index (χ3v) is 4.13. The molecule has 0 aliphatic heterocycles. The third kappa shape index (κ3) is 2.66. The zero-order valence-corrected chi connectivity index (χ0v) is 12.1. The fourth-order valence-corrected chi connectivity index (χ4v) is 2.98. The van der Waals surface area contributed by atoms with Crippen molar-refractivity contribution in [2.24, 2.45) is 0 Å². The summed E-state index contributed by atoms with van der Waals surface area (Å²) in [7, 11) is 0. The molecule has 0 saturated carbocycles. The van der Waals surface area contributed by atoms with Crippen molar-refractivity contribution in [2.75, 3.05) is 5.32 Å². The molecule has 6 heteroatoms. The van der Waals surface area contributed by atoms with Crippen LogP contribution in [0, 0.1) is 0 Å². The predicted molar refractivity (Wildman–Crippen MR) is 81.2 cm³/mol. The minimum Gasteiger partial charge on any atom is -0.365 e. The van der Waals surface area contributed by atoms with Gasteiger partial charge in [0.2, 0.25) is 0 Å². The summed E-state index contributed by atoms with van der Waals surface area (Å²) in [5, 5.41) is 7.59. The second-order valence-electron chi connectivity index (χ2n) is 3.95. The molecule has 0 fully saturated rings. The van der Waals surface area contributed by atoms with E-state index in [4.69, 9.17) is 23.2 Å². The maximum absolute atomic E-state index is 6.14. The maximum Gasteiger partial charge on any atom is 0.138 e. The Bertz CT molecular complexity index is 727. The van der Waals surface area contributed by atoms with Gasteiger partial charge in [-0.15, -0.1) is 11.3 Å². The van der Waals surface area contributed by atoms with Gasteiger partial charge in [0, 0.05) is 16.6 Å². The summed E-state index contributed by atoms with van der Waals surface area (Å²) in [5.41, 5.74) is 0.980. The molecule has 0 radical (unpaired) electrons. The molecule has 19 heavy (non-hydrogen) atoms. The Morgan fingerprint density at radius 2 is 2.05 bits per heavy atom. The zero-order valence-electron chi connectivity index (χ0n) is 9.73. The number of aromatic nitrogens is 2. The Labute approximate surface area is 124 Å². The second kappa shape index (κ2) is 5.33. The number of benzene rings is 1. The van der Waals surface area contributed by atoms with Crippen LogP contribution in [0.2, 0.25) is 10.0 Å². The van der Waals surface area contributed by atoms with Gasteiger partial charge in [0.15, 0.2) is 0 Å². The number of thiophene rings is 1. The molecule has 0 saturated heterocycles. The number of nitrogens with zero attached hydrogens (tertiary/aromatic N) is 2. The van der Waals surface area contributed by atoms with E-state index in [0.717, 1.165) is 21.6 Å². The standard InChI is InChI=1S/C13H9Cl2N3S/c14-9-2-1-8(11(15)5-9)6-16-12-10-3-4-19-13(10)18-7-17-12/h1-5,7H,6H2,(H,16,17,18).